The van der Waals surface area contributed by atoms with Gasteiger partial charge in [-0.05, 0) is 33.2 Å². The lowest BCUT2D eigenvalue weighted by Gasteiger charge is -2.35. The van der Waals surface area contributed by atoms with E-state index >= 15 is 0 Å². The highest BCUT2D eigenvalue weighted by molar-refractivity contribution is 7.13. The van der Waals surface area contributed by atoms with Gasteiger partial charge in [-0.2, -0.15) is 0 Å². The molecule has 0 radical (unpaired) electrons. The van der Waals surface area contributed by atoms with Crippen molar-refractivity contribution in [2.45, 2.75) is 45.7 Å². The Balaban J connectivity index is 1.58. The predicted molar refractivity (Wildman–Crippen MR) is 102 cm³/mol. The molecule has 1 saturated heterocycles. The van der Waals surface area contributed by atoms with Crippen LogP contribution in [0.5, 0.6) is 0 Å². The van der Waals surface area contributed by atoms with Crippen molar-refractivity contribution in [3.8, 4) is 0 Å². The lowest BCUT2D eigenvalue weighted by Crippen LogP contribution is -2.33. The van der Waals surface area contributed by atoms with Crippen molar-refractivity contribution in [3.63, 3.8) is 0 Å². The van der Waals surface area contributed by atoms with E-state index in [4.69, 9.17) is 4.98 Å². The monoisotopic (exact) mass is 369 g/mol. The molecule has 136 valence electrons. The zero-order chi connectivity index (χ0) is 17.9. The molecule has 0 aliphatic carbocycles. The molecule has 1 aliphatic rings. The van der Waals surface area contributed by atoms with Gasteiger partial charge in [0.15, 0.2) is 5.13 Å². The van der Waals surface area contributed by atoms with E-state index in [0.717, 1.165) is 53.4 Å². The SMILES string of the molecule is Cc1csc(Nc2cc([C@H]3CCCCN3Cc3cnc[nH]3)nc(C)n2)n1. The number of likely N-dealkylation sites (tertiary alicyclic amines) is 1. The lowest BCUT2D eigenvalue weighted by molar-refractivity contribution is 0.135. The fraction of sp³-hybridized carbons (Fsp3) is 0.444. The van der Waals surface area contributed by atoms with E-state index in [1.807, 2.05) is 25.4 Å². The first-order valence-electron chi connectivity index (χ1n) is 8.93. The number of hydrogen-bond donors (Lipinski definition) is 2. The first-order chi connectivity index (χ1) is 12.7. The molecule has 1 atom stereocenters. The summed E-state index contributed by atoms with van der Waals surface area (Å²) in [6.07, 6.45) is 7.19. The summed E-state index contributed by atoms with van der Waals surface area (Å²) in [5, 5.41) is 6.22. The molecule has 1 aliphatic heterocycles. The number of hydrogen-bond acceptors (Lipinski definition) is 7. The smallest absolute Gasteiger partial charge is 0.188 e. The third-order valence-electron chi connectivity index (χ3n) is 4.60. The summed E-state index contributed by atoms with van der Waals surface area (Å²) < 4.78 is 0. The van der Waals surface area contributed by atoms with Gasteiger partial charge in [-0.25, -0.2) is 19.9 Å². The number of aromatic nitrogens is 5. The van der Waals surface area contributed by atoms with Gasteiger partial charge in [0.1, 0.15) is 11.6 Å². The zero-order valence-corrected chi connectivity index (χ0v) is 15.9. The van der Waals surface area contributed by atoms with Crippen LogP contribution in [0.4, 0.5) is 10.9 Å². The van der Waals surface area contributed by atoms with Crippen molar-refractivity contribution in [2.75, 3.05) is 11.9 Å². The quantitative estimate of drug-likeness (QED) is 0.713. The highest BCUT2D eigenvalue weighted by Crippen LogP contribution is 2.32. The van der Waals surface area contributed by atoms with Crippen LogP contribution < -0.4 is 5.32 Å². The Morgan fingerprint density at radius 1 is 1.27 bits per heavy atom. The third-order valence-corrected chi connectivity index (χ3v) is 5.47. The Morgan fingerprint density at radius 3 is 2.96 bits per heavy atom. The van der Waals surface area contributed by atoms with Gasteiger partial charge >= 0.3 is 0 Å². The third kappa shape index (κ3) is 3.91. The van der Waals surface area contributed by atoms with E-state index < -0.39 is 0 Å². The van der Waals surface area contributed by atoms with Crippen molar-refractivity contribution >= 4 is 22.3 Å². The summed E-state index contributed by atoms with van der Waals surface area (Å²) >= 11 is 1.59. The number of thiazole rings is 1. The van der Waals surface area contributed by atoms with Crippen molar-refractivity contribution in [3.05, 3.63) is 46.9 Å². The molecule has 0 bridgehead atoms. The number of imidazole rings is 1. The van der Waals surface area contributed by atoms with Crippen LogP contribution in [0.2, 0.25) is 0 Å². The summed E-state index contributed by atoms with van der Waals surface area (Å²) in [5.74, 6) is 1.60. The number of nitrogens with one attached hydrogen (secondary N) is 2. The van der Waals surface area contributed by atoms with Gasteiger partial charge in [0.25, 0.3) is 0 Å². The Hall–Kier alpha value is -2.32. The zero-order valence-electron chi connectivity index (χ0n) is 15.1. The fourth-order valence-corrected chi connectivity index (χ4v) is 4.15. The van der Waals surface area contributed by atoms with Crippen LogP contribution in [0.15, 0.2) is 24.0 Å². The first kappa shape index (κ1) is 17.1. The van der Waals surface area contributed by atoms with Crippen LogP contribution in [0.1, 0.15) is 48.2 Å². The number of anilines is 2. The average molecular weight is 369 g/mol. The van der Waals surface area contributed by atoms with Gasteiger partial charge in [0.2, 0.25) is 0 Å². The van der Waals surface area contributed by atoms with Gasteiger partial charge in [0.05, 0.1) is 23.8 Å². The normalized spacial score (nSPS) is 18.2. The van der Waals surface area contributed by atoms with Crippen LogP contribution in [0.3, 0.4) is 0 Å². The largest absolute Gasteiger partial charge is 0.347 e. The van der Waals surface area contributed by atoms with Gasteiger partial charge in [-0.1, -0.05) is 6.42 Å². The Morgan fingerprint density at radius 2 is 2.19 bits per heavy atom. The van der Waals surface area contributed by atoms with E-state index in [1.165, 1.54) is 12.8 Å². The first-order valence-corrected chi connectivity index (χ1v) is 9.81. The van der Waals surface area contributed by atoms with Crippen molar-refractivity contribution in [2.24, 2.45) is 0 Å². The van der Waals surface area contributed by atoms with Crippen molar-refractivity contribution < 1.29 is 0 Å². The van der Waals surface area contributed by atoms with E-state index in [9.17, 15) is 0 Å². The maximum absolute atomic E-state index is 4.75. The molecule has 3 aromatic heterocycles. The second-order valence-corrected chi connectivity index (χ2v) is 7.56. The molecule has 0 spiro atoms. The molecule has 4 rings (SSSR count). The highest BCUT2D eigenvalue weighted by Gasteiger charge is 2.26. The summed E-state index contributed by atoms with van der Waals surface area (Å²) in [6, 6.07) is 2.37. The summed E-state index contributed by atoms with van der Waals surface area (Å²) in [7, 11) is 0. The number of nitrogens with zero attached hydrogens (tertiary/aromatic N) is 5. The minimum Gasteiger partial charge on any atom is -0.347 e. The molecule has 0 unspecified atom stereocenters. The topological polar surface area (TPSA) is 82.6 Å². The Labute approximate surface area is 156 Å². The van der Waals surface area contributed by atoms with Crippen LogP contribution in [0, 0.1) is 13.8 Å². The molecule has 0 aromatic carbocycles. The van der Waals surface area contributed by atoms with Crippen LogP contribution in [-0.2, 0) is 6.54 Å². The molecule has 4 heterocycles. The maximum atomic E-state index is 4.75. The standard InChI is InChI=1S/C18H23N7S/c1-12-10-26-18(21-12)24-17-7-15(22-13(2)23-17)16-5-3-4-6-25(16)9-14-8-19-11-20-14/h7-8,10-11,16H,3-6,9H2,1-2H3,(H,19,20)(H,21,22,23,24)/t16-/m1/s1. The van der Waals surface area contributed by atoms with E-state index in [0.29, 0.717) is 6.04 Å². The molecule has 2 N–H and O–H groups in total. The van der Waals surface area contributed by atoms with Crippen LogP contribution in [-0.4, -0.2) is 36.4 Å². The van der Waals surface area contributed by atoms with Gasteiger partial charge in [-0.15, -0.1) is 11.3 Å². The molecule has 3 aromatic rings. The second kappa shape index (κ2) is 7.51. The van der Waals surface area contributed by atoms with Gasteiger partial charge in [0, 0.05) is 29.9 Å². The summed E-state index contributed by atoms with van der Waals surface area (Å²) in [6.45, 7) is 5.88. The molecular formula is C18H23N7S. The molecule has 7 nitrogen and oxygen atoms in total. The minimum absolute atomic E-state index is 0.298. The van der Waals surface area contributed by atoms with Gasteiger partial charge in [-0.3, -0.25) is 4.90 Å². The highest BCUT2D eigenvalue weighted by atomic mass is 32.1. The van der Waals surface area contributed by atoms with E-state index in [-0.39, 0.29) is 0 Å². The summed E-state index contributed by atoms with van der Waals surface area (Å²) in [4.78, 5) is 23.6. The summed E-state index contributed by atoms with van der Waals surface area (Å²) in [5.41, 5.74) is 3.23. The molecular weight excluding hydrogens is 346 g/mol. The van der Waals surface area contributed by atoms with Crippen LogP contribution >= 0.6 is 11.3 Å². The number of aromatic amines is 1. The fourth-order valence-electron chi connectivity index (χ4n) is 3.45. The molecule has 8 heteroatoms. The predicted octanol–water partition coefficient (Wildman–Crippen LogP) is 3.74. The number of rotatable bonds is 5. The van der Waals surface area contributed by atoms with E-state index in [2.05, 4.69) is 36.2 Å². The number of piperidine rings is 1. The molecule has 1 fully saturated rings. The van der Waals surface area contributed by atoms with E-state index in [1.54, 1.807) is 17.7 Å². The van der Waals surface area contributed by atoms with Crippen LogP contribution in [0.25, 0.3) is 0 Å². The Bertz CT molecular complexity index is 858. The van der Waals surface area contributed by atoms with Crippen molar-refractivity contribution in [1.29, 1.82) is 0 Å². The number of aryl methyl sites for hydroxylation is 2. The van der Waals surface area contributed by atoms with Gasteiger partial charge < -0.3 is 10.3 Å². The maximum Gasteiger partial charge on any atom is 0.188 e. The number of H-pyrrole nitrogens is 1. The molecule has 26 heavy (non-hydrogen) atoms. The second-order valence-electron chi connectivity index (χ2n) is 6.70. The molecule has 0 saturated carbocycles. The minimum atomic E-state index is 0.298. The Kier molecular flexibility index (Phi) is 4.94. The van der Waals surface area contributed by atoms with Crippen molar-refractivity contribution in [1.82, 2.24) is 29.8 Å². The lowest BCUT2D eigenvalue weighted by atomic mass is 9.98. The molecule has 0 amide bonds. The average Bonchev–Trinajstić information content (AvgIpc) is 3.27.